The molecule has 0 spiro atoms. The molecule has 0 aromatic heterocycles. The summed E-state index contributed by atoms with van der Waals surface area (Å²) in [5.74, 6) is 1.62. The second-order valence-electron chi connectivity index (χ2n) is 6.98. The van der Waals surface area contributed by atoms with Crippen LogP contribution in [0.2, 0.25) is 0 Å². The molecule has 0 bridgehead atoms. The van der Waals surface area contributed by atoms with Crippen LogP contribution in [0.15, 0.2) is 22.7 Å². The smallest absolute Gasteiger partial charge is 0.119 e. The zero-order valence-corrected chi connectivity index (χ0v) is 15.0. The topological polar surface area (TPSA) is 21.3 Å². The Bertz CT molecular complexity index is 482. The Morgan fingerprint density at radius 2 is 1.85 bits per heavy atom. The fraction of sp³-hybridized carbons (Fsp3) is 0.647. The van der Waals surface area contributed by atoms with Gasteiger partial charge in [0.25, 0.3) is 0 Å². The number of hydrogen-bond donors (Lipinski definition) is 1. The summed E-state index contributed by atoms with van der Waals surface area (Å²) in [6.07, 6.45) is 1.02. The minimum atomic E-state index is 0.395. The number of halogens is 1. The number of rotatable bonds is 5. The van der Waals surface area contributed by atoms with Crippen LogP contribution in [0.1, 0.15) is 33.3 Å². The molecule has 112 valence electrons. The third-order valence-corrected chi connectivity index (χ3v) is 6.37. The van der Waals surface area contributed by atoms with Gasteiger partial charge in [-0.1, -0.05) is 43.6 Å². The lowest BCUT2D eigenvalue weighted by molar-refractivity contribution is 0.408. The monoisotopic (exact) mass is 339 g/mol. The Kier molecular flexibility index (Phi) is 4.23. The number of likely N-dealkylation sites (N-methyl/N-ethyl adjacent to an activating group) is 1. The minimum absolute atomic E-state index is 0.395. The first-order valence-electron chi connectivity index (χ1n) is 7.25. The molecule has 1 unspecified atom stereocenters. The van der Waals surface area contributed by atoms with E-state index in [1.807, 2.05) is 6.07 Å². The zero-order chi connectivity index (χ0) is 15.1. The standard InChI is InChI=1S/C17H26BrNO/c1-16(2)15(17(16,3)4)14(19-5)10-11-9-12(20-6)7-8-13(11)18/h7-9,14-15,19H,10H2,1-6H3. The molecule has 1 aliphatic carbocycles. The number of nitrogens with one attached hydrogen (secondary N) is 1. The fourth-order valence-electron chi connectivity index (χ4n) is 3.71. The van der Waals surface area contributed by atoms with Gasteiger partial charge in [-0.15, -0.1) is 0 Å². The van der Waals surface area contributed by atoms with Gasteiger partial charge in [0, 0.05) is 10.5 Å². The van der Waals surface area contributed by atoms with Crippen molar-refractivity contribution in [1.29, 1.82) is 0 Å². The van der Waals surface area contributed by atoms with Crippen LogP contribution >= 0.6 is 15.9 Å². The van der Waals surface area contributed by atoms with E-state index in [-0.39, 0.29) is 0 Å². The largest absolute Gasteiger partial charge is 0.497 e. The molecule has 0 saturated heterocycles. The summed E-state index contributed by atoms with van der Waals surface area (Å²) in [6, 6.07) is 6.69. The second-order valence-corrected chi connectivity index (χ2v) is 7.83. The molecule has 0 aliphatic heterocycles. The number of ether oxygens (including phenoxy) is 1. The van der Waals surface area contributed by atoms with E-state index in [4.69, 9.17) is 4.74 Å². The molecule has 0 radical (unpaired) electrons. The lowest BCUT2D eigenvalue weighted by Crippen LogP contribution is -2.32. The quantitative estimate of drug-likeness (QED) is 0.864. The van der Waals surface area contributed by atoms with Crippen molar-refractivity contribution in [3.63, 3.8) is 0 Å². The van der Waals surface area contributed by atoms with Crippen LogP contribution in [-0.4, -0.2) is 20.2 Å². The van der Waals surface area contributed by atoms with E-state index in [2.05, 4.69) is 68.1 Å². The summed E-state index contributed by atoms with van der Waals surface area (Å²) in [7, 11) is 3.79. The summed E-state index contributed by atoms with van der Waals surface area (Å²) < 4.78 is 6.50. The highest BCUT2D eigenvalue weighted by Gasteiger charge is 2.66. The third kappa shape index (κ3) is 2.50. The Balaban J connectivity index is 2.20. The molecule has 20 heavy (non-hydrogen) atoms. The maximum atomic E-state index is 5.34. The lowest BCUT2D eigenvalue weighted by atomic mass is 9.97. The maximum Gasteiger partial charge on any atom is 0.119 e. The summed E-state index contributed by atoms with van der Waals surface area (Å²) in [6.45, 7) is 9.51. The molecule has 1 aromatic rings. The molecule has 1 atom stereocenters. The van der Waals surface area contributed by atoms with Crippen LogP contribution in [0.5, 0.6) is 5.75 Å². The Morgan fingerprint density at radius 3 is 2.30 bits per heavy atom. The maximum absolute atomic E-state index is 5.34. The molecule has 0 amide bonds. The van der Waals surface area contributed by atoms with Gasteiger partial charge in [0.1, 0.15) is 5.75 Å². The SMILES string of the molecule is CNC(Cc1cc(OC)ccc1Br)C1C(C)(C)C1(C)C. The van der Waals surface area contributed by atoms with Crippen molar-refractivity contribution < 1.29 is 4.74 Å². The first kappa shape index (κ1) is 15.8. The zero-order valence-electron chi connectivity index (χ0n) is 13.4. The van der Waals surface area contributed by atoms with E-state index in [1.54, 1.807) is 7.11 Å². The Morgan fingerprint density at radius 1 is 1.25 bits per heavy atom. The van der Waals surface area contributed by atoms with Crippen LogP contribution in [0, 0.1) is 16.7 Å². The molecule has 1 fully saturated rings. The van der Waals surface area contributed by atoms with Crippen molar-refractivity contribution >= 4 is 15.9 Å². The number of hydrogen-bond acceptors (Lipinski definition) is 2. The van der Waals surface area contributed by atoms with Crippen LogP contribution in [0.3, 0.4) is 0 Å². The average molecular weight is 340 g/mol. The second kappa shape index (κ2) is 5.34. The molecule has 1 saturated carbocycles. The van der Waals surface area contributed by atoms with E-state index < -0.39 is 0 Å². The summed E-state index contributed by atoms with van der Waals surface area (Å²) in [5.41, 5.74) is 2.10. The molecule has 1 N–H and O–H groups in total. The predicted molar refractivity (Wildman–Crippen MR) is 88.3 cm³/mol. The summed E-state index contributed by atoms with van der Waals surface area (Å²) in [5, 5.41) is 3.53. The van der Waals surface area contributed by atoms with E-state index in [0.717, 1.165) is 16.6 Å². The van der Waals surface area contributed by atoms with Crippen molar-refractivity contribution in [2.75, 3.05) is 14.2 Å². The van der Waals surface area contributed by atoms with E-state index in [1.165, 1.54) is 5.56 Å². The molecular weight excluding hydrogens is 314 g/mol. The highest BCUT2D eigenvalue weighted by atomic mass is 79.9. The molecule has 1 aliphatic rings. The molecule has 2 rings (SSSR count). The average Bonchev–Trinajstić information content (AvgIpc) is 2.79. The molecule has 2 nitrogen and oxygen atoms in total. The van der Waals surface area contributed by atoms with Crippen molar-refractivity contribution in [3.05, 3.63) is 28.2 Å². The Hall–Kier alpha value is -0.540. The van der Waals surface area contributed by atoms with Crippen LogP contribution in [0.25, 0.3) is 0 Å². The van der Waals surface area contributed by atoms with E-state index >= 15 is 0 Å². The van der Waals surface area contributed by atoms with Gasteiger partial charge >= 0.3 is 0 Å². The van der Waals surface area contributed by atoms with Gasteiger partial charge in [-0.25, -0.2) is 0 Å². The van der Waals surface area contributed by atoms with Gasteiger partial charge in [-0.3, -0.25) is 0 Å². The van der Waals surface area contributed by atoms with Gasteiger partial charge in [0.15, 0.2) is 0 Å². The highest BCUT2D eigenvalue weighted by Crippen LogP contribution is 2.69. The highest BCUT2D eigenvalue weighted by molar-refractivity contribution is 9.10. The van der Waals surface area contributed by atoms with Gasteiger partial charge in [-0.05, 0) is 54.0 Å². The van der Waals surface area contributed by atoms with Gasteiger partial charge in [-0.2, -0.15) is 0 Å². The fourth-order valence-corrected chi connectivity index (χ4v) is 4.12. The van der Waals surface area contributed by atoms with Crippen molar-refractivity contribution in [3.8, 4) is 5.75 Å². The number of benzene rings is 1. The van der Waals surface area contributed by atoms with Gasteiger partial charge in [0.2, 0.25) is 0 Å². The van der Waals surface area contributed by atoms with Crippen LogP contribution in [0.4, 0.5) is 0 Å². The van der Waals surface area contributed by atoms with Crippen LogP contribution < -0.4 is 10.1 Å². The number of methoxy groups -OCH3 is 1. The van der Waals surface area contributed by atoms with Gasteiger partial charge in [0.05, 0.1) is 7.11 Å². The molecule has 3 heteroatoms. The Labute approximate surface area is 131 Å². The first-order chi connectivity index (χ1) is 9.25. The predicted octanol–water partition coefficient (Wildman–Crippen LogP) is 4.27. The first-order valence-corrected chi connectivity index (χ1v) is 8.04. The van der Waals surface area contributed by atoms with E-state index in [0.29, 0.717) is 22.8 Å². The summed E-state index contributed by atoms with van der Waals surface area (Å²) >= 11 is 3.66. The molecule has 1 aromatic carbocycles. The van der Waals surface area contributed by atoms with E-state index in [9.17, 15) is 0 Å². The summed E-state index contributed by atoms with van der Waals surface area (Å²) in [4.78, 5) is 0. The van der Waals surface area contributed by atoms with Crippen molar-refractivity contribution in [2.24, 2.45) is 16.7 Å². The normalized spacial score (nSPS) is 21.6. The third-order valence-electron chi connectivity index (χ3n) is 5.60. The molecular formula is C17H26BrNO. The minimum Gasteiger partial charge on any atom is -0.497 e. The van der Waals surface area contributed by atoms with Crippen molar-refractivity contribution in [1.82, 2.24) is 5.32 Å². The van der Waals surface area contributed by atoms with Gasteiger partial charge < -0.3 is 10.1 Å². The lowest BCUT2D eigenvalue weighted by Gasteiger charge is -2.20. The molecule has 0 heterocycles. The van der Waals surface area contributed by atoms with Crippen LogP contribution in [-0.2, 0) is 6.42 Å². The van der Waals surface area contributed by atoms with Crippen molar-refractivity contribution in [2.45, 2.75) is 40.2 Å².